The van der Waals surface area contributed by atoms with E-state index < -0.39 is 21.6 Å². The number of aryl methyl sites for hydroxylation is 1. The molecule has 5 nitrogen and oxygen atoms in total. The largest absolute Gasteiger partial charge is 0.333 e. The molecule has 14 heavy (non-hydrogen) atoms. The Morgan fingerprint density at radius 1 is 1.57 bits per heavy atom. The number of alkyl halides is 2. The van der Waals surface area contributed by atoms with Crippen molar-refractivity contribution in [1.29, 1.82) is 0 Å². The van der Waals surface area contributed by atoms with E-state index in [-0.39, 0.29) is 22.8 Å². The third kappa shape index (κ3) is 2.63. The van der Waals surface area contributed by atoms with Gasteiger partial charge in [-0.3, -0.25) is 4.55 Å². The predicted molar refractivity (Wildman–Crippen MR) is 45.3 cm³/mol. The molecule has 1 heterocycles. The van der Waals surface area contributed by atoms with Crippen molar-refractivity contribution in [1.82, 2.24) is 9.78 Å². The molecule has 0 aliphatic carbocycles. The first-order valence-electron chi connectivity index (χ1n) is 3.14. The van der Waals surface area contributed by atoms with Crippen LogP contribution in [-0.2, 0) is 10.1 Å². The zero-order valence-corrected chi connectivity index (χ0v) is 8.52. The number of hydrogen-bond acceptors (Lipinski definition) is 3. The van der Waals surface area contributed by atoms with Crippen LogP contribution in [0.1, 0.15) is 12.2 Å². The highest BCUT2D eigenvalue weighted by molar-refractivity contribution is 7.85. The Balaban J connectivity index is 0.00000169. The topological polar surface area (TPSA) is 72.2 Å². The summed E-state index contributed by atoms with van der Waals surface area (Å²) in [6, 6.07) is 0. The summed E-state index contributed by atoms with van der Waals surface area (Å²) in [6.45, 7) is -1.71. The van der Waals surface area contributed by atoms with Gasteiger partial charge in [0.25, 0.3) is 10.1 Å². The lowest BCUT2D eigenvalue weighted by molar-refractivity contribution is 0.0561. The van der Waals surface area contributed by atoms with Gasteiger partial charge < -0.3 is 0 Å². The molecular weight excluding hydrogens is 242 g/mol. The Hall–Kier alpha value is -0.730. The molecule has 0 saturated heterocycles. The number of rotatable bonds is 2. The summed E-state index contributed by atoms with van der Waals surface area (Å²) in [6.07, 6.45) is 0.579. The minimum atomic E-state index is -4.46. The molecule has 9 heteroatoms. The van der Waals surface area contributed by atoms with Crippen LogP contribution in [0.5, 0.6) is 0 Å². The van der Waals surface area contributed by atoms with Crippen molar-refractivity contribution in [3.63, 3.8) is 0 Å². The molecule has 0 spiro atoms. The molecule has 0 aliphatic rings. The fourth-order valence-electron chi connectivity index (χ4n) is 0.818. The predicted octanol–water partition coefficient (Wildman–Crippen LogP) is 1.26. The first kappa shape index (κ1) is 13.3. The molecule has 1 aromatic rings. The van der Waals surface area contributed by atoms with Crippen LogP contribution in [0, 0.1) is 6.92 Å². The average molecular weight is 249 g/mol. The normalized spacial score (nSPS) is 11.5. The van der Waals surface area contributed by atoms with Crippen molar-refractivity contribution in [2.45, 2.75) is 18.4 Å². The molecular formula is C5H7ClF2N2O3S. The quantitative estimate of drug-likeness (QED) is 0.800. The molecule has 0 amide bonds. The summed E-state index contributed by atoms with van der Waals surface area (Å²) < 4.78 is 53.7. The van der Waals surface area contributed by atoms with E-state index in [1.54, 1.807) is 0 Å². The van der Waals surface area contributed by atoms with Crippen molar-refractivity contribution < 1.29 is 21.8 Å². The van der Waals surface area contributed by atoms with Crippen LogP contribution in [0.25, 0.3) is 0 Å². The van der Waals surface area contributed by atoms with Gasteiger partial charge in [-0.15, -0.1) is 12.4 Å². The van der Waals surface area contributed by atoms with Crippen molar-refractivity contribution >= 4 is 22.5 Å². The highest BCUT2D eigenvalue weighted by Gasteiger charge is 2.19. The van der Waals surface area contributed by atoms with Gasteiger partial charge in [0.05, 0.1) is 11.9 Å². The van der Waals surface area contributed by atoms with E-state index in [4.69, 9.17) is 4.55 Å². The lowest BCUT2D eigenvalue weighted by atomic mass is 10.5. The highest BCUT2D eigenvalue weighted by atomic mass is 35.5. The Labute approximate surface area is 84.9 Å². The molecule has 1 rings (SSSR count). The Morgan fingerprint density at radius 3 is 2.29 bits per heavy atom. The molecule has 0 aromatic carbocycles. The van der Waals surface area contributed by atoms with Crippen LogP contribution in [0.15, 0.2) is 11.1 Å². The van der Waals surface area contributed by atoms with Gasteiger partial charge >= 0.3 is 6.55 Å². The second-order valence-corrected chi connectivity index (χ2v) is 3.70. The first-order valence-corrected chi connectivity index (χ1v) is 4.58. The van der Waals surface area contributed by atoms with E-state index in [0.717, 1.165) is 0 Å². The molecule has 0 unspecified atom stereocenters. The lowest BCUT2D eigenvalue weighted by Crippen LogP contribution is -1.99. The van der Waals surface area contributed by atoms with Gasteiger partial charge in [0.15, 0.2) is 0 Å². The highest BCUT2D eigenvalue weighted by Crippen LogP contribution is 2.17. The maximum absolute atomic E-state index is 12.0. The molecule has 82 valence electrons. The summed E-state index contributed by atoms with van der Waals surface area (Å²) in [5.41, 5.74) is -0.164. The summed E-state index contributed by atoms with van der Waals surface area (Å²) in [7, 11) is -4.46. The monoisotopic (exact) mass is 248 g/mol. The molecule has 0 aliphatic heterocycles. The maximum Gasteiger partial charge on any atom is 0.333 e. The van der Waals surface area contributed by atoms with E-state index in [1.807, 2.05) is 0 Å². The van der Waals surface area contributed by atoms with Crippen molar-refractivity contribution in [2.75, 3.05) is 0 Å². The summed E-state index contributed by atoms with van der Waals surface area (Å²) in [5.74, 6) is 0. The Morgan fingerprint density at radius 2 is 2.07 bits per heavy atom. The fraction of sp³-hybridized carbons (Fsp3) is 0.400. The standard InChI is InChI=1S/C5H6F2N2O3S.ClH/c1-3-4(13(10,11)12)2-9(8-3)5(6)7;/h2,5H,1H3,(H,10,11,12);1H. The summed E-state index contributed by atoms with van der Waals surface area (Å²) in [4.78, 5) is -0.604. The molecule has 0 radical (unpaired) electrons. The van der Waals surface area contributed by atoms with Crippen molar-refractivity contribution in [2.24, 2.45) is 0 Å². The van der Waals surface area contributed by atoms with Gasteiger partial charge in [0.2, 0.25) is 0 Å². The minimum absolute atomic E-state index is 0. The van der Waals surface area contributed by atoms with Crippen LogP contribution in [0.4, 0.5) is 8.78 Å². The van der Waals surface area contributed by atoms with E-state index >= 15 is 0 Å². The van der Waals surface area contributed by atoms with Crippen molar-refractivity contribution in [3.8, 4) is 0 Å². The van der Waals surface area contributed by atoms with E-state index in [1.165, 1.54) is 6.92 Å². The SMILES string of the molecule is Cc1nn(C(F)F)cc1S(=O)(=O)O.Cl. The number of hydrogen-bond donors (Lipinski definition) is 1. The first-order chi connectivity index (χ1) is 5.82. The number of aromatic nitrogens is 2. The second-order valence-electron chi connectivity index (χ2n) is 2.31. The van der Waals surface area contributed by atoms with Crippen LogP contribution >= 0.6 is 12.4 Å². The molecule has 0 fully saturated rings. The molecule has 0 atom stereocenters. The van der Waals surface area contributed by atoms with Crippen LogP contribution in [-0.4, -0.2) is 22.8 Å². The molecule has 1 aromatic heterocycles. The van der Waals surface area contributed by atoms with Crippen LogP contribution in [0.2, 0.25) is 0 Å². The van der Waals surface area contributed by atoms with Gasteiger partial charge in [-0.25, -0.2) is 4.68 Å². The fourth-order valence-corrected chi connectivity index (χ4v) is 1.47. The van der Waals surface area contributed by atoms with E-state index in [9.17, 15) is 17.2 Å². The molecule has 0 bridgehead atoms. The van der Waals surface area contributed by atoms with E-state index in [0.29, 0.717) is 6.20 Å². The molecule has 1 N–H and O–H groups in total. The minimum Gasteiger partial charge on any atom is -0.282 e. The van der Waals surface area contributed by atoms with E-state index in [2.05, 4.69) is 5.10 Å². The zero-order valence-electron chi connectivity index (χ0n) is 6.89. The maximum atomic E-state index is 12.0. The number of halogens is 3. The van der Waals surface area contributed by atoms with Gasteiger partial charge in [0, 0.05) is 0 Å². The van der Waals surface area contributed by atoms with Crippen LogP contribution < -0.4 is 0 Å². The third-order valence-corrected chi connectivity index (χ3v) is 2.31. The van der Waals surface area contributed by atoms with Gasteiger partial charge in [-0.1, -0.05) is 0 Å². The van der Waals surface area contributed by atoms with Gasteiger partial charge in [-0.05, 0) is 6.92 Å². The second kappa shape index (κ2) is 4.20. The van der Waals surface area contributed by atoms with Crippen LogP contribution in [0.3, 0.4) is 0 Å². The summed E-state index contributed by atoms with van der Waals surface area (Å²) >= 11 is 0. The lowest BCUT2D eigenvalue weighted by Gasteiger charge is -1.94. The molecule has 0 saturated carbocycles. The average Bonchev–Trinajstić information content (AvgIpc) is 2.29. The van der Waals surface area contributed by atoms with Gasteiger partial charge in [0.1, 0.15) is 4.90 Å². The smallest absolute Gasteiger partial charge is 0.282 e. The number of nitrogens with zero attached hydrogens (tertiary/aromatic N) is 2. The Kier molecular flexibility index (Phi) is 3.98. The van der Waals surface area contributed by atoms with Crippen molar-refractivity contribution in [3.05, 3.63) is 11.9 Å². The Bertz CT molecular complexity index is 417. The summed E-state index contributed by atoms with van der Waals surface area (Å²) in [5, 5.41) is 3.20. The third-order valence-electron chi connectivity index (χ3n) is 1.35. The van der Waals surface area contributed by atoms with Gasteiger partial charge in [-0.2, -0.15) is 22.3 Å². The zero-order chi connectivity index (χ0) is 10.2.